The van der Waals surface area contributed by atoms with Crippen LogP contribution in [0, 0.1) is 0 Å². The van der Waals surface area contributed by atoms with Gasteiger partial charge in [0.25, 0.3) is 0 Å². The molecule has 0 aliphatic heterocycles. The van der Waals surface area contributed by atoms with Crippen molar-refractivity contribution in [2.45, 2.75) is 39.5 Å². The molecule has 2 heteroatoms. The van der Waals surface area contributed by atoms with Gasteiger partial charge in [-0.15, -0.1) is 0 Å². The first-order chi connectivity index (χ1) is 9.40. The fraction of sp³-hybridized carbons (Fsp3) is 0.333. The molecule has 0 aromatic heterocycles. The lowest BCUT2D eigenvalue weighted by Gasteiger charge is -2.20. The summed E-state index contributed by atoms with van der Waals surface area (Å²) in [6.07, 6.45) is 0. The number of phenols is 1. The fourth-order valence-corrected chi connectivity index (χ4v) is 2.83. The Labute approximate surface area is 126 Å². The zero-order valence-corrected chi connectivity index (χ0v) is 13.2. The highest BCUT2D eigenvalue weighted by Crippen LogP contribution is 2.38. The van der Waals surface area contributed by atoms with Crippen LogP contribution in [0.5, 0.6) is 5.75 Å². The van der Waals surface area contributed by atoms with Gasteiger partial charge in [0.1, 0.15) is 5.75 Å². The number of hydrogen-bond acceptors (Lipinski definition) is 1. The normalized spacial score (nSPS) is 11.3. The fourth-order valence-electron chi connectivity index (χ4n) is 2.60. The number of hydrogen-bond donors (Lipinski definition) is 1. The molecule has 2 rings (SSSR count). The molecule has 106 valence electrons. The van der Waals surface area contributed by atoms with Crippen LogP contribution in [0.15, 0.2) is 36.4 Å². The Balaban J connectivity index is 2.75. The maximum atomic E-state index is 9.83. The van der Waals surface area contributed by atoms with Gasteiger partial charge < -0.3 is 5.11 Å². The van der Waals surface area contributed by atoms with Crippen molar-refractivity contribution in [3.05, 3.63) is 52.5 Å². The van der Waals surface area contributed by atoms with Crippen LogP contribution in [0.25, 0.3) is 11.1 Å². The number of rotatable bonds is 3. The van der Waals surface area contributed by atoms with E-state index in [9.17, 15) is 5.11 Å². The van der Waals surface area contributed by atoms with Gasteiger partial charge in [-0.1, -0.05) is 57.5 Å². The van der Waals surface area contributed by atoms with Crippen molar-refractivity contribution in [1.82, 2.24) is 0 Å². The van der Waals surface area contributed by atoms with Crippen LogP contribution < -0.4 is 0 Å². The third-order valence-electron chi connectivity index (χ3n) is 3.54. The quantitative estimate of drug-likeness (QED) is 0.739. The van der Waals surface area contributed by atoms with E-state index in [2.05, 4.69) is 45.9 Å². The SMILES string of the molecule is CC(C)c1cccc(C(C)C)c1-c1cc(O)cc(Cl)c1. The number of aromatic hydroxyl groups is 1. The van der Waals surface area contributed by atoms with Gasteiger partial charge in [-0.25, -0.2) is 0 Å². The van der Waals surface area contributed by atoms with Crippen LogP contribution in [0.3, 0.4) is 0 Å². The minimum absolute atomic E-state index is 0.209. The summed E-state index contributed by atoms with van der Waals surface area (Å²) in [7, 11) is 0. The van der Waals surface area contributed by atoms with E-state index in [1.54, 1.807) is 12.1 Å². The standard InChI is InChI=1S/C18H21ClO/c1-11(2)16-6-5-7-17(12(3)4)18(16)13-8-14(19)10-15(20)9-13/h5-12,20H,1-4H3. The van der Waals surface area contributed by atoms with Gasteiger partial charge in [-0.2, -0.15) is 0 Å². The van der Waals surface area contributed by atoms with E-state index < -0.39 is 0 Å². The minimum Gasteiger partial charge on any atom is -0.508 e. The Morgan fingerprint density at radius 3 is 1.90 bits per heavy atom. The Morgan fingerprint density at radius 2 is 1.45 bits per heavy atom. The van der Waals surface area contributed by atoms with E-state index in [-0.39, 0.29) is 5.75 Å². The molecule has 0 atom stereocenters. The smallest absolute Gasteiger partial charge is 0.117 e. The number of halogens is 1. The molecule has 0 fully saturated rings. The minimum atomic E-state index is 0.209. The zero-order valence-electron chi connectivity index (χ0n) is 12.4. The molecule has 0 bridgehead atoms. The molecule has 0 unspecified atom stereocenters. The summed E-state index contributed by atoms with van der Waals surface area (Å²) < 4.78 is 0. The largest absolute Gasteiger partial charge is 0.508 e. The van der Waals surface area contributed by atoms with E-state index in [0.717, 1.165) is 5.56 Å². The monoisotopic (exact) mass is 288 g/mol. The molecule has 0 spiro atoms. The molecule has 0 amide bonds. The maximum absolute atomic E-state index is 9.83. The lowest BCUT2D eigenvalue weighted by atomic mass is 9.85. The second kappa shape index (κ2) is 5.88. The maximum Gasteiger partial charge on any atom is 0.117 e. The molecular formula is C18H21ClO. The summed E-state index contributed by atoms with van der Waals surface area (Å²) in [5.74, 6) is 1.05. The van der Waals surface area contributed by atoms with Crippen LogP contribution in [0.4, 0.5) is 0 Å². The molecule has 0 aliphatic carbocycles. The summed E-state index contributed by atoms with van der Waals surface area (Å²) in [5, 5.41) is 10.4. The van der Waals surface area contributed by atoms with Gasteiger partial charge in [0, 0.05) is 5.02 Å². The molecule has 1 nitrogen and oxygen atoms in total. The van der Waals surface area contributed by atoms with E-state index in [1.165, 1.54) is 16.7 Å². The highest BCUT2D eigenvalue weighted by Gasteiger charge is 2.16. The number of phenolic OH excluding ortho intramolecular Hbond substituents is 1. The van der Waals surface area contributed by atoms with Crippen molar-refractivity contribution in [2.24, 2.45) is 0 Å². The predicted molar refractivity (Wildman–Crippen MR) is 86.7 cm³/mol. The van der Waals surface area contributed by atoms with E-state index in [0.29, 0.717) is 16.9 Å². The average molecular weight is 289 g/mol. The summed E-state index contributed by atoms with van der Waals surface area (Å²) in [6.45, 7) is 8.75. The van der Waals surface area contributed by atoms with Gasteiger partial charge in [0.15, 0.2) is 0 Å². The first-order valence-electron chi connectivity index (χ1n) is 7.03. The van der Waals surface area contributed by atoms with Crippen molar-refractivity contribution >= 4 is 11.6 Å². The highest BCUT2D eigenvalue weighted by atomic mass is 35.5. The van der Waals surface area contributed by atoms with Crippen molar-refractivity contribution < 1.29 is 5.11 Å². The molecule has 0 heterocycles. The van der Waals surface area contributed by atoms with Crippen LogP contribution in [-0.4, -0.2) is 5.11 Å². The lowest BCUT2D eigenvalue weighted by molar-refractivity contribution is 0.475. The van der Waals surface area contributed by atoms with Crippen LogP contribution in [0.1, 0.15) is 50.7 Å². The topological polar surface area (TPSA) is 20.2 Å². The third-order valence-corrected chi connectivity index (χ3v) is 3.76. The Bertz CT molecular complexity index is 568. The van der Waals surface area contributed by atoms with Crippen LogP contribution >= 0.6 is 11.6 Å². The van der Waals surface area contributed by atoms with E-state index in [4.69, 9.17) is 11.6 Å². The predicted octanol–water partition coefficient (Wildman–Crippen LogP) is 5.96. The van der Waals surface area contributed by atoms with Crippen molar-refractivity contribution in [3.8, 4) is 16.9 Å². The molecule has 0 aliphatic rings. The summed E-state index contributed by atoms with van der Waals surface area (Å²) >= 11 is 6.10. The van der Waals surface area contributed by atoms with Crippen molar-refractivity contribution in [3.63, 3.8) is 0 Å². The molecule has 2 aromatic rings. The van der Waals surface area contributed by atoms with Crippen LogP contribution in [0.2, 0.25) is 5.02 Å². The van der Waals surface area contributed by atoms with Crippen LogP contribution in [-0.2, 0) is 0 Å². The molecule has 1 N–H and O–H groups in total. The first kappa shape index (κ1) is 14.9. The molecular weight excluding hydrogens is 268 g/mol. The first-order valence-corrected chi connectivity index (χ1v) is 7.40. The summed E-state index contributed by atoms with van der Waals surface area (Å²) in [4.78, 5) is 0. The van der Waals surface area contributed by atoms with Crippen molar-refractivity contribution in [2.75, 3.05) is 0 Å². The van der Waals surface area contributed by atoms with E-state index >= 15 is 0 Å². The third kappa shape index (κ3) is 2.99. The van der Waals surface area contributed by atoms with Crippen molar-refractivity contribution in [1.29, 1.82) is 0 Å². The second-order valence-corrected chi connectivity index (χ2v) is 6.26. The lowest BCUT2D eigenvalue weighted by Crippen LogP contribution is -1.99. The van der Waals surface area contributed by atoms with Gasteiger partial charge in [-0.3, -0.25) is 0 Å². The Morgan fingerprint density at radius 1 is 0.900 bits per heavy atom. The summed E-state index contributed by atoms with van der Waals surface area (Å²) in [6, 6.07) is 11.7. The highest BCUT2D eigenvalue weighted by molar-refractivity contribution is 6.31. The molecule has 0 radical (unpaired) electrons. The Kier molecular flexibility index (Phi) is 4.39. The van der Waals surface area contributed by atoms with Gasteiger partial charge in [0.05, 0.1) is 0 Å². The molecule has 0 saturated carbocycles. The second-order valence-electron chi connectivity index (χ2n) is 5.82. The average Bonchev–Trinajstić information content (AvgIpc) is 2.36. The molecule has 0 saturated heterocycles. The number of benzene rings is 2. The van der Waals surface area contributed by atoms with Gasteiger partial charge in [-0.05, 0) is 52.3 Å². The Hall–Kier alpha value is -1.47. The van der Waals surface area contributed by atoms with E-state index in [1.807, 2.05) is 6.07 Å². The van der Waals surface area contributed by atoms with Gasteiger partial charge >= 0.3 is 0 Å². The zero-order chi connectivity index (χ0) is 14.9. The molecule has 2 aromatic carbocycles. The van der Waals surface area contributed by atoms with Gasteiger partial charge in [0.2, 0.25) is 0 Å². The molecule has 20 heavy (non-hydrogen) atoms. The summed E-state index contributed by atoms with van der Waals surface area (Å²) in [5.41, 5.74) is 4.77.